The Bertz CT molecular complexity index is 1440. The summed E-state index contributed by atoms with van der Waals surface area (Å²) >= 11 is 0. The van der Waals surface area contributed by atoms with E-state index in [-0.39, 0.29) is 29.6 Å². The molecule has 2 fully saturated rings. The van der Waals surface area contributed by atoms with E-state index < -0.39 is 17.8 Å². The van der Waals surface area contributed by atoms with Crippen LogP contribution in [0.3, 0.4) is 0 Å². The highest BCUT2D eigenvalue weighted by molar-refractivity contribution is 6.06. The number of aromatic nitrogens is 2. The molecule has 2 aromatic rings. The van der Waals surface area contributed by atoms with E-state index in [1.807, 2.05) is 16.7 Å². The lowest BCUT2D eigenvalue weighted by Crippen LogP contribution is -2.41. The number of fused-ring (bicyclic) bond motifs is 1. The Balaban J connectivity index is 1.76. The van der Waals surface area contributed by atoms with Gasteiger partial charge in [0, 0.05) is 37.8 Å². The second-order valence-corrected chi connectivity index (χ2v) is 11.4. The van der Waals surface area contributed by atoms with Gasteiger partial charge in [0.1, 0.15) is 23.1 Å². The van der Waals surface area contributed by atoms with Crippen molar-refractivity contribution < 1.29 is 27.5 Å². The molecule has 0 unspecified atom stereocenters. The number of hydrogen-bond acceptors (Lipinski definition) is 6. The summed E-state index contributed by atoms with van der Waals surface area (Å²) in [6, 6.07) is 5.67. The molecule has 1 aromatic heterocycles. The highest BCUT2D eigenvalue weighted by atomic mass is 19.4. The van der Waals surface area contributed by atoms with E-state index in [2.05, 4.69) is 42.4 Å². The van der Waals surface area contributed by atoms with Crippen molar-refractivity contribution in [2.75, 3.05) is 31.5 Å². The number of ether oxygens (including phenoxy) is 1. The van der Waals surface area contributed by atoms with Crippen molar-refractivity contribution in [2.45, 2.75) is 77.2 Å². The first-order valence-electron chi connectivity index (χ1n) is 15.0. The molecule has 2 aliphatic rings. The minimum Gasteiger partial charge on any atom is -0.488 e. The lowest BCUT2D eigenvalue weighted by molar-refractivity contribution is -0.126. The van der Waals surface area contributed by atoms with Gasteiger partial charge in [-0.2, -0.15) is 13.2 Å². The number of benzene rings is 1. The molecule has 0 aliphatic carbocycles. The van der Waals surface area contributed by atoms with Crippen LogP contribution in [0.4, 0.5) is 19.1 Å². The van der Waals surface area contributed by atoms with E-state index in [0.717, 1.165) is 38.8 Å². The minimum atomic E-state index is -4.78. The topological polar surface area (TPSA) is 92.1 Å². The normalized spacial score (nSPS) is 19.6. The van der Waals surface area contributed by atoms with Crippen molar-refractivity contribution in [3.05, 3.63) is 54.3 Å². The zero-order chi connectivity index (χ0) is 32.0. The first-order valence-corrected chi connectivity index (χ1v) is 15.0. The molecule has 4 rings (SSSR count). The number of alkyl halides is 3. The van der Waals surface area contributed by atoms with Gasteiger partial charge in [-0.05, 0) is 83.9 Å². The standard InChI is InChI=1S/C32H41F3N6O3/c1-6-22(19-27(36-5)32(33,34)35)30(43)38-31-37-25-12-10-13-26(44-24-14-17-39(18-15-24)21(3)4)29(25)41(31)23-11-8-9-16-40(20-23)28(42)7-2/h6-7,10,12-13,19,21,23-24H,2,5,8-9,11,14-18,20H2,1,3-4H3,(H,37,38,43)/b22-6+,27-19-/t23-/m1/s1. The monoisotopic (exact) mass is 614 g/mol. The van der Waals surface area contributed by atoms with Crippen molar-refractivity contribution in [3.8, 4) is 5.75 Å². The van der Waals surface area contributed by atoms with Crippen LogP contribution < -0.4 is 10.1 Å². The summed E-state index contributed by atoms with van der Waals surface area (Å²) < 4.78 is 48.6. The number of nitrogens with zero attached hydrogens (tertiary/aromatic N) is 5. The molecule has 2 aliphatic heterocycles. The van der Waals surface area contributed by atoms with Gasteiger partial charge in [0.2, 0.25) is 11.9 Å². The van der Waals surface area contributed by atoms with Gasteiger partial charge < -0.3 is 19.1 Å². The molecule has 1 atom stereocenters. The molecule has 2 amide bonds. The zero-order valence-corrected chi connectivity index (χ0v) is 25.6. The number of carbonyl (C=O) groups is 2. The summed E-state index contributed by atoms with van der Waals surface area (Å²) in [7, 11) is 0. The van der Waals surface area contributed by atoms with Gasteiger partial charge in [-0.25, -0.2) is 4.98 Å². The summed E-state index contributed by atoms with van der Waals surface area (Å²) in [6.45, 7) is 15.2. The van der Waals surface area contributed by atoms with Crippen LogP contribution in [0, 0.1) is 0 Å². The largest absolute Gasteiger partial charge is 0.488 e. The number of likely N-dealkylation sites (tertiary alicyclic amines) is 2. The first kappa shape index (κ1) is 33.0. The third-order valence-corrected chi connectivity index (χ3v) is 8.22. The van der Waals surface area contributed by atoms with Crippen LogP contribution in [0.15, 0.2) is 59.3 Å². The molecule has 1 N–H and O–H groups in total. The van der Waals surface area contributed by atoms with Crippen LogP contribution in [0.25, 0.3) is 11.0 Å². The number of aliphatic imine (C=N–C) groups is 1. The Labute approximate surface area is 256 Å². The molecule has 44 heavy (non-hydrogen) atoms. The molecule has 0 spiro atoms. The van der Waals surface area contributed by atoms with Gasteiger partial charge in [-0.15, -0.1) is 0 Å². The first-order chi connectivity index (χ1) is 21.0. The number of nitrogens with one attached hydrogen (secondary N) is 1. The van der Waals surface area contributed by atoms with E-state index in [1.54, 1.807) is 11.0 Å². The third kappa shape index (κ3) is 7.58. The van der Waals surface area contributed by atoms with Crippen molar-refractivity contribution in [3.63, 3.8) is 0 Å². The molecular formula is C32H41F3N6O3. The lowest BCUT2D eigenvalue weighted by Gasteiger charge is -2.34. The number of anilines is 1. The summed E-state index contributed by atoms with van der Waals surface area (Å²) in [4.78, 5) is 38.0. The molecule has 238 valence electrons. The van der Waals surface area contributed by atoms with Crippen molar-refractivity contribution >= 4 is 35.5 Å². The number of piperidine rings is 1. The quantitative estimate of drug-likeness (QED) is 0.211. The SMILES string of the molecule is C=CC(=O)N1CCCC[C@@H](n2c(NC(=O)C(/C=C(\N=C)C(F)(F)F)=C/C)nc3cccc(OC4CCN(C(C)C)CC4)c32)C1. The number of allylic oxidation sites excluding steroid dienone is 2. The van der Waals surface area contributed by atoms with Crippen LogP contribution in [0.1, 0.15) is 58.9 Å². The van der Waals surface area contributed by atoms with E-state index in [4.69, 9.17) is 9.72 Å². The maximum Gasteiger partial charge on any atom is 0.433 e. The molecule has 2 saturated heterocycles. The van der Waals surface area contributed by atoms with Gasteiger partial charge >= 0.3 is 6.18 Å². The molecule has 9 nitrogen and oxygen atoms in total. The van der Waals surface area contributed by atoms with E-state index in [1.165, 1.54) is 19.1 Å². The fourth-order valence-electron chi connectivity index (χ4n) is 5.82. The van der Waals surface area contributed by atoms with Gasteiger partial charge in [0.15, 0.2) is 0 Å². The average Bonchev–Trinajstić information content (AvgIpc) is 3.18. The second-order valence-electron chi connectivity index (χ2n) is 11.4. The summed E-state index contributed by atoms with van der Waals surface area (Å²) in [5.41, 5.74) is -0.310. The maximum absolute atomic E-state index is 13.4. The predicted octanol–water partition coefficient (Wildman–Crippen LogP) is 6.06. The van der Waals surface area contributed by atoms with E-state index in [9.17, 15) is 22.8 Å². The number of rotatable bonds is 9. The van der Waals surface area contributed by atoms with Crippen LogP contribution in [-0.2, 0) is 9.59 Å². The molecular weight excluding hydrogens is 573 g/mol. The fourth-order valence-corrected chi connectivity index (χ4v) is 5.82. The highest BCUT2D eigenvalue weighted by Crippen LogP contribution is 2.37. The van der Waals surface area contributed by atoms with Crippen LogP contribution in [-0.4, -0.2) is 82.4 Å². The Kier molecular flexibility index (Phi) is 10.7. The lowest BCUT2D eigenvalue weighted by atomic mass is 10.1. The van der Waals surface area contributed by atoms with Gasteiger partial charge in [-0.3, -0.25) is 19.9 Å². The molecule has 12 heteroatoms. The number of halogens is 3. The Morgan fingerprint density at radius 3 is 2.50 bits per heavy atom. The molecule has 3 heterocycles. The van der Waals surface area contributed by atoms with E-state index in [0.29, 0.717) is 48.4 Å². The van der Waals surface area contributed by atoms with Gasteiger partial charge in [-0.1, -0.05) is 18.7 Å². The van der Waals surface area contributed by atoms with Crippen LogP contribution >= 0.6 is 0 Å². The number of amides is 2. The van der Waals surface area contributed by atoms with Crippen molar-refractivity contribution in [1.82, 2.24) is 19.4 Å². The predicted molar refractivity (Wildman–Crippen MR) is 166 cm³/mol. The van der Waals surface area contributed by atoms with Crippen LogP contribution in [0.2, 0.25) is 0 Å². The highest BCUT2D eigenvalue weighted by Gasteiger charge is 2.34. The van der Waals surface area contributed by atoms with Gasteiger partial charge in [0.25, 0.3) is 5.91 Å². The van der Waals surface area contributed by atoms with Crippen molar-refractivity contribution in [1.29, 1.82) is 0 Å². The Hall–Kier alpha value is -3.93. The maximum atomic E-state index is 13.4. The number of hydrogen-bond donors (Lipinski definition) is 1. The third-order valence-electron chi connectivity index (χ3n) is 8.22. The molecule has 1 aromatic carbocycles. The summed E-state index contributed by atoms with van der Waals surface area (Å²) in [5, 5.41) is 2.74. The summed E-state index contributed by atoms with van der Waals surface area (Å²) in [5.74, 6) is -0.226. The smallest absolute Gasteiger partial charge is 0.433 e. The van der Waals surface area contributed by atoms with Gasteiger partial charge in [0.05, 0.1) is 11.6 Å². The van der Waals surface area contributed by atoms with Crippen LogP contribution in [0.5, 0.6) is 5.75 Å². The molecule has 0 radical (unpaired) electrons. The Morgan fingerprint density at radius 2 is 1.89 bits per heavy atom. The van der Waals surface area contributed by atoms with E-state index >= 15 is 0 Å². The number of carbonyl (C=O) groups excluding carboxylic acids is 2. The second kappa shape index (κ2) is 14.2. The van der Waals surface area contributed by atoms with Crippen molar-refractivity contribution in [2.24, 2.45) is 4.99 Å². The minimum absolute atomic E-state index is 0.0167. The zero-order valence-electron chi connectivity index (χ0n) is 25.6. The summed E-state index contributed by atoms with van der Waals surface area (Å²) in [6.07, 6.45) is 2.43. The Morgan fingerprint density at radius 1 is 1.16 bits per heavy atom. The number of imidazole rings is 1. The molecule has 0 bridgehead atoms. The molecule has 0 saturated carbocycles. The fraction of sp³-hybridized carbons (Fsp3) is 0.500. The average molecular weight is 615 g/mol. The number of para-hydroxylation sites is 1.